The molecule has 1 heterocycles. The zero-order chi connectivity index (χ0) is 23.4. The summed E-state index contributed by atoms with van der Waals surface area (Å²) < 4.78 is 37.7. The Morgan fingerprint density at radius 2 is 1.71 bits per heavy atom. The van der Waals surface area contributed by atoms with Crippen molar-refractivity contribution in [2.45, 2.75) is 83.9 Å². The minimum absolute atomic E-state index is 0.0123. The van der Waals surface area contributed by atoms with Gasteiger partial charge in [0, 0.05) is 25.3 Å². The Hall–Kier alpha value is -1.93. The number of esters is 1. The summed E-state index contributed by atoms with van der Waals surface area (Å²) >= 11 is 0. The molecular formula is C22H34F2N2O5. The largest absolute Gasteiger partial charge is 0.467 e. The van der Waals surface area contributed by atoms with Crippen LogP contribution in [0, 0.1) is 23.2 Å². The molecule has 2 unspecified atom stereocenters. The second-order valence-corrected chi connectivity index (χ2v) is 10.7. The summed E-state index contributed by atoms with van der Waals surface area (Å²) in [6.45, 7) is 9.60. The number of alkyl halides is 2. The standard InChI is InChI=1S/C22H34F2N2O5/c1-20(2,3)31-19(29)25-15(12-7-9-22(23,24)10-8-12)17(27)26-11-13-14(21(13,4)5)16(26)18(28)30-6/h12-16H,7-11H2,1-6H3,(H,25,29)/t13-,14?,15?,16-/m0/s1. The van der Waals surface area contributed by atoms with E-state index < -0.39 is 47.5 Å². The first-order chi connectivity index (χ1) is 14.2. The van der Waals surface area contributed by atoms with Crippen molar-refractivity contribution in [3.05, 3.63) is 0 Å². The second kappa shape index (κ2) is 7.89. The van der Waals surface area contributed by atoms with Gasteiger partial charge >= 0.3 is 12.1 Å². The molecule has 2 saturated carbocycles. The lowest BCUT2D eigenvalue weighted by atomic mass is 9.81. The lowest BCUT2D eigenvalue weighted by Crippen LogP contribution is -2.57. The van der Waals surface area contributed by atoms with E-state index in [0.717, 1.165) is 0 Å². The van der Waals surface area contributed by atoms with E-state index in [-0.39, 0.29) is 42.9 Å². The molecule has 7 nitrogen and oxygen atoms in total. The SMILES string of the molecule is COC(=O)[C@@H]1C2[C@H](CN1C(=O)C(NC(=O)OC(C)(C)C)C1CCC(F)(F)CC1)C2(C)C. The first-order valence-electron chi connectivity index (χ1n) is 10.9. The Balaban J connectivity index is 1.81. The molecule has 0 bridgehead atoms. The Kier molecular flexibility index (Phi) is 6.04. The summed E-state index contributed by atoms with van der Waals surface area (Å²) in [5.41, 5.74) is -0.845. The highest BCUT2D eigenvalue weighted by atomic mass is 19.3. The zero-order valence-corrected chi connectivity index (χ0v) is 19.2. The number of nitrogens with one attached hydrogen (secondary N) is 1. The van der Waals surface area contributed by atoms with E-state index in [2.05, 4.69) is 19.2 Å². The van der Waals surface area contributed by atoms with Crippen molar-refractivity contribution in [1.82, 2.24) is 10.2 Å². The van der Waals surface area contributed by atoms with Gasteiger partial charge in [0.2, 0.25) is 11.8 Å². The third-order valence-electron chi connectivity index (χ3n) is 7.11. The van der Waals surface area contributed by atoms with Gasteiger partial charge in [-0.25, -0.2) is 18.4 Å². The van der Waals surface area contributed by atoms with Crippen LogP contribution in [-0.4, -0.2) is 60.1 Å². The van der Waals surface area contributed by atoms with Gasteiger partial charge in [-0.15, -0.1) is 0 Å². The quantitative estimate of drug-likeness (QED) is 0.672. The van der Waals surface area contributed by atoms with Crippen LogP contribution in [-0.2, 0) is 19.1 Å². The third kappa shape index (κ3) is 4.80. The number of carbonyl (C=O) groups excluding carboxylic acids is 3. The van der Waals surface area contributed by atoms with Gasteiger partial charge in [0.1, 0.15) is 17.7 Å². The monoisotopic (exact) mass is 444 g/mol. The van der Waals surface area contributed by atoms with Crippen LogP contribution in [0.15, 0.2) is 0 Å². The molecule has 0 spiro atoms. The summed E-state index contributed by atoms with van der Waals surface area (Å²) in [5.74, 6) is -3.98. The maximum absolute atomic E-state index is 13.7. The van der Waals surface area contributed by atoms with E-state index in [1.54, 1.807) is 20.8 Å². The van der Waals surface area contributed by atoms with Gasteiger partial charge in [0.15, 0.2) is 0 Å². The Morgan fingerprint density at radius 3 is 2.23 bits per heavy atom. The van der Waals surface area contributed by atoms with Crippen LogP contribution < -0.4 is 5.32 Å². The number of likely N-dealkylation sites (tertiary alicyclic amines) is 1. The van der Waals surface area contributed by atoms with Crippen LogP contribution >= 0.6 is 0 Å². The fourth-order valence-electron chi connectivity index (χ4n) is 5.29. The van der Waals surface area contributed by atoms with Gasteiger partial charge in [-0.05, 0) is 50.9 Å². The molecule has 9 heteroatoms. The van der Waals surface area contributed by atoms with Crippen molar-refractivity contribution in [2.24, 2.45) is 23.2 Å². The number of halogens is 2. The van der Waals surface area contributed by atoms with Gasteiger partial charge in [-0.3, -0.25) is 4.79 Å². The number of methoxy groups -OCH3 is 1. The summed E-state index contributed by atoms with van der Waals surface area (Å²) in [6.07, 6.45) is -1.24. The van der Waals surface area contributed by atoms with Crippen LogP contribution in [0.3, 0.4) is 0 Å². The van der Waals surface area contributed by atoms with Crippen LogP contribution in [0.1, 0.15) is 60.3 Å². The highest BCUT2D eigenvalue weighted by Crippen LogP contribution is 2.65. The Labute approximate surface area is 182 Å². The second-order valence-electron chi connectivity index (χ2n) is 10.7. The number of carbonyl (C=O) groups is 3. The highest BCUT2D eigenvalue weighted by molar-refractivity contribution is 5.91. The molecule has 176 valence electrons. The molecule has 31 heavy (non-hydrogen) atoms. The van der Waals surface area contributed by atoms with Gasteiger partial charge < -0.3 is 19.7 Å². The van der Waals surface area contributed by atoms with Gasteiger partial charge in [-0.1, -0.05) is 13.8 Å². The maximum Gasteiger partial charge on any atom is 0.408 e. The minimum Gasteiger partial charge on any atom is -0.467 e. The topological polar surface area (TPSA) is 84.9 Å². The van der Waals surface area contributed by atoms with Crippen molar-refractivity contribution < 1.29 is 32.6 Å². The predicted molar refractivity (Wildman–Crippen MR) is 108 cm³/mol. The number of amides is 2. The number of hydrogen-bond donors (Lipinski definition) is 1. The molecule has 1 saturated heterocycles. The van der Waals surface area contributed by atoms with E-state index >= 15 is 0 Å². The minimum atomic E-state index is -2.76. The number of piperidine rings is 1. The van der Waals surface area contributed by atoms with E-state index in [4.69, 9.17) is 9.47 Å². The van der Waals surface area contributed by atoms with Crippen LogP contribution in [0.4, 0.5) is 13.6 Å². The molecule has 0 aromatic heterocycles. The van der Waals surface area contributed by atoms with Crippen LogP contribution in [0.5, 0.6) is 0 Å². The first kappa shape index (κ1) is 23.7. The molecule has 1 aliphatic heterocycles. The van der Waals surface area contributed by atoms with E-state index in [9.17, 15) is 23.2 Å². The fourth-order valence-corrected chi connectivity index (χ4v) is 5.29. The molecule has 4 atom stereocenters. The van der Waals surface area contributed by atoms with Crippen molar-refractivity contribution in [2.75, 3.05) is 13.7 Å². The third-order valence-corrected chi connectivity index (χ3v) is 7.11. The van der Waals surface area contributed by atoms with Crippen LogP contribution in [0.2, 0.25) is 0 Å². The summed E-state index contributed by atoms with van der Waals surface area (Å²) in [6, 6.07) is -1.76. The van der Waals surface area contributed by atoms with E-state index in [1.165, 1.54) is 12.0 Å². The number of nitrogens with zero attached hydrogens (tertiary/aromatic N) is 1. The molecule has 2 amide bonds. The number of rotatable bonds is 4. The van der Waals surface area contributed by atoms with Crippen molar-refractivity contribution >= 4 is 18.0 Å². The smallest absolute Gasteiger partial charge is 0.408 e. The van der Waals surface area contributed by atoms with Crippen LogP contribution in [0.25, 0.3) is 0 Å². The normalized spacial score (nSPS) is 30.2. The zero-order valence-electron chi connectivity index (χ0n) is 19.2. The van der Waals surface area contributed by atoms with E-state index in [1.807, 2.05) is 0 Å². The highest BCUT2D eigenvalue weighted by Gasteiger charge is 2.70. The molecule has 0 aromatic carbocycles. The lowest BCUT2D eigenvalue weighted by Gasteiger charge is -2.37. The molecule has 0 aromatic rings. The van der Waals surface area contributed by atoms with Crippen molar-refractivity contribution in [1.29, 1.82) is 0 Å². The molecule has 2 aliphatic carbocycles. The van der Waals surface area contributed by atoms with Gasteiger partial charge in [-0.2, -0.15) is 0 Å². The summed E-state index contributed by atoms with van der Waals surface area (Å²) in [5, 5.41) is 2.63. The fraction of sp³-hybridized carbons (Fsp3) is 0.864. The average Bonchev–Trinajstić information content (AvgIpc) is 3.00. The van der Waals surface area contributed by atoms with Gasteiger partial charge in [0.05, 0.1) is 7.11 Å². The number of alkyl carbamates (subject to hydrolysis) is 1. The predicted octanol–water partition coefficient (Wildman–Crippen LogP) is 3.36. The first-order valence-corrected chi connectivity index (χ1v) is 10.9. The Bertz CT molecular complexity index is 739. The van der Waals surface area contributed by atoms with Crippen molar-refractivity contribution in [3.63, 3.8) is 0 Å². The molecule has 1 N–H and O–H groups in total. The molecule has 3 fully saturated rings. The molecular weight excluding hydrogens is 410 g/mol. The number of fused-ring (bicyclic) bond motifs is 1. The Morgan fingerprint density at radius 1 is 1.13 bits per heavy atom. The number of ether oxygens (including phenoxy) is 2. The molecule has 3 aliphatic rings. The van der Waals surface area contributed by atoms with E-state index in [0.29, 0.717) is 6.54 Å². The lowest BCUT2D eigenvalue weighted by molar-refractivity contribution is -0.154. The number of hydrogen-bond acceptors (Lipinski definition) is 5. The summed E-state index contributed by atoms with van der Waals surface area (Å²) in [7, 11) is 1.29. The van der Waals surface area contributed by atoms with Crippen molar-refractivity contribution in [3.8, 4) is 0 Å². The molecule has 3 rings (SSSR count). The maximum atomic E-state index is 13.7. The van der Waals surface area contributed by atoms with Gasteiger partial charge in [0.25, 0.3) is 0 Å². The average molecular weight is 445 g/mol. The molecule has 0 radical (unpaired) electrons. The summed E-state index contributed by atoms with van der Waals surface area (Å²) in [4.78, 5) is 40.0.